The van der Waals surface area contributed by atoms with Gasteiger partial charge in [0.15, 0.2) is 0 Å². The van der Waals surface area contributed by atoms with Gasteiger partial charge in [0.2, 0.25) is 5.91 Å². The lowest BCUT2D eigenvalue weighted by molar-refractivity contribution is -0.136. The van der Waals surface area contributed by atoms with Gasteiger partial charge in [-0.2, -0.15) is 0 Å². The molecule has 0 spiro atoms. The average molecular weight is 255 g/mol. The summed E-state index contributed by atoms with van der Waals surface area (Å²) in [6, 6.07) is -0.0552. The number of amides is 1. The molecule has 106 valence electrons. The fourth-order valence-corrected chi connectivity index (χ4v) is 2.39. The second-order valence-electron chi connectivity index (χ2n) is 6.46. The lowest BCUT2D eigenvalue weighted by Crippen LogP contribution is -2.54. The first-order valence-corrected chi connectivity index (χ1v) is 7.02. The van der Waals surface area contributed by atoms with Crippen LogP contribution >= 0.6 is 0 Å². The van der Waals surface area contributed by atoms with E-state index in [1.807, 2.05) is 32.7 Å². The Hall–Kier alpha value is -0.610. The van der Waals surface area contributed by atoms with Gasteiger partial charge in [0.1, 0.15) is 0 Å². The number of carbonyl (C=O) groups excluding carboxylic acids is 1. The molecule has 0 aliphatic carbocycles. The van der Waals surface area contributed by atoms with E-state index in [0.717, 1.165) is 32.5 Å². The van der Waals surface area contributed by atoms with Crippen molar-refractivity contribution in [3.8, 4) is 0 Å². The fourth-order valence-electron chi connectivity index (χ4n) is 2.39. The van der Waals surface area contributed by atoms with E-state index < -0.39 is 6.04 Å². The Morgan fingerprint density at radius 3 is 2.28 bits per heavy atom. The molecule has 1 aliphatic rings. The maximum absolute atomic E-state index is 12.3. The molecule has 18 heavy (non-hydrogen) atoms. The van der Waals surface area contributed by atoms with E-state index in [4.69, 9.17) is 5.73 Å². The Labute approximate surface area is 111 Å². The summed E-state index contributed by atoms with van der Waals surface area (Å²) >= 11 is 0. The molecule has 0 bridgehead atoms. The van der Waals surface area contributed by atoms with Crippen molar-refractivity contribution < 1.29 is 4.79 Å². The molecule has 0 aromatic carbocycles. The summed E-state index contributed by atoms with van der Waals surface area (Å²) in [7, 11) is 1.90. The highest BCUT2D eigenvalue weighted by Gasteiger charge is 2.33. The Kier molecular flexibility index (Phi) is 5.17. The molecule has 1 amide bonds. The van der Waals surface area contributed by atoms with Crippen LogP contribution in [0, 0.1) is 5.41 Å². The lowest BCUT2D eigenvalue weighted by atomic mass is 9.86. The van der Waals surface area contributed by atoms with Crippen LogP contribution in [0.3, 0.4) is 0 Å². The molecule has 0 aromatic rings. The minimum atomic E-state index is -0.410. The molecule has 1 fully saturated rings. The SMILES string of the molecule is CCN1CCC(N(C)C(=O)C(N)C(C)(C)C)CC1. The highest BCUT2D eigenvalue weighted by molar-refractivity contribution is 5.82. The van der Waals surface area contributed by atoms with E-state index >= 15 is 0 Å². The van der Waals surface area contributed by atoms with Gasteiger partial charge in [-0.05, 0) is 24.8 Å². The van der Waals surface area contributed by atoms with Crippen molar-refractivity contribution in [2.45, 2.75) is 52.6 Å². The van der Waals surface area contributed by atoms with Crippen molar-refractivity contribution in [1.82, 2.24) is 9.80 Å². The summed E-state index contributed by atoms with van der Waals surface area (Å²) in [6.07, 6.45) is 2.12. The number of likely N-dealkylation sites (N-methyl/N-ethyl adjacent to an activating group) is 1. The van der Waals surface area contributed by atoms with Crippen molar-refractivity contribution in [2.75, 3.05) is 26.7 Å². The van der Waals surface area contributed by atoms with Gasteiger partial charge in [-0.1, -0.05) is 27.7 Å². The zero-order valence-corrected chi connectivity index (χ0v) is 12.6. The zero-order valence-electron chi connectivity index (χ0n) is 12.6. The lowest BCUT2D eigenvalue weighted by Gasteiger charge is -2.39. The number of rotatable bonds is 3. The van der Waals surface area contributed by atoms with E-state index in [9.17, 15) is 4.79 Å². The quantitative estimate of drug-likeness (QED) is 0.827. The molecule has 1 rings (SSSR count). The van der Waals surface area contributed by atoms with E-state index in [0.29, 0.717) is 6.04 Å². The van der Waals surface area contributed by atoms with Gasteiger partial charge in [-0.15, -0.1) is 0 Å². The molecule has 4 nitrogen and oxygen atoms in total. The van der Waals surface area contributed by atoms with Crippen LogP contribution in [0.5, 0.6) is 0 Å². The summed E-state index contributed by atoms with van der Waals surface area (Å²) in [5.41, 5.74) is 5.88. The molecular weight excluding hydrogens is 226 g/mol. The summed E-state index contributed by atoms with van der Waals surface area (Å²) in [5, 5.41) is 0. The van der Waals surface area contributed by atoms with Gasteiger partial charge in [-0.3, -0.25) is 4.79 Å². The predicted octanol–water partition coefficient (Wildman–Crippen LogP) is 1.30. The summed E-state index contributed by atoms with van der Waals surface area (Å²) in [4.78, 5) is 16.6. The number of likely N-dealkylation sites (tertiary alicyclic amines) is 1. The minimum absolute atomic E-state index is 0.0810. The van der Waals surface area contributed by atoms with Gasteiger partial charge in [0.25, 0.3) is 0 Å². The third-order valence-corrected chi connectivity index (χ3v) is 4.10. The summed E-state index contributed by atoms with van der Waals surface area (Å²) in [6.45, 7) is 11.5. The van der Waals surface area contributed by atoms with Crippen LogP contribution in [0.1, 0.15) is 40.5 Å². The highest BCUT2D eigenvalue weighted by Crippen LogP contribution is 2.22. The molecule has 1 aliphatic heterocycles. The molecule has 1 atom stereocenters. The average Bonchev–Trinajstić information content (AvgIpc) is 2.35. The van der Waals surface area contributed by atoms with Crippen LogP contribution in [0.4, 0.5) is 0 Å². The maximum atomic E-state index is 12.3. The van der Waals surface area contributed by atoms with Gasteiger partial charge < -0.3 is 15.5 Å². The van der Waals surface area contributed by atoms with Crippen LogP contribution in [0.15, 0.2) is 0 Å². The highest BCUT2D eigenvalue weighted by atomic mass is 16.2. The third kappa shape index (κ3) is 3.69. The normalized spacial score (nSPS) is 20.8. The van der Waals surface area contributed by atoms with Crippen molar-refractivity contribution in [3.05, 3.63) is 0 Å². The number of nitrogens with zero attached hydrogens (tertiary/aromatic N) is 2. The Morgan fingerprint density at radius 1 is 1.39 bits per heavy atom. The van der Waals surface area contributed by atoms with E-state index in [2.05, 4.69) is 11.8 Å². The zero-order chi connectivity index (χ0) is 13.9. The van der Waals surface area contributed by atoms with Gasteiger partial charge >= 0.3 is 0 Å². The largest absolute Gasteiger partial charge is 0.341 e. The number of piperidine rings is 1. The molecular formula is C14H29N3O. The van der Waals surface area contributed by atoms with Crippen LogP contribution in [0.25, 0.3) is 0 Å². The molecule has 1 heterocycles. The van der Waals surface area contributed by atoms with Crippen molar-refractivity contribution >= 4 is 5.91 Å². The van der Waals surface area contributed by atoms with E-state index in [1.165, 1.54) is 0 Å². The molecule has 1 unspecified atom stereocenters. The Balaban J connectivity index is 2.55. The van der Waals surface area contributed by atoms with Crippen molar-refractivity contribution in [3.63, 3.8) is 0 Å². The molecule has 0 radical (unpaired) electrons. The van der Waals surface area contributed by atoms with Crippen LogP contribution in [-0.4, -0.2) is 54.5 Å². The summed E-state index contributed by atoms with van der Waals surface area (Å²) in [5.74, 6) is 0.0810. The van der Waals surface area contributed by atoms with Crippen LogP contribution in [0.2, 0.25) is 0 Å². The number of hydrogen-bond acceptors (Lipinski definition) is 3. The molecule has 4 heteroatoms. The Bertz CT molecular complexity index is 277. The first-order valence-electron chi connectivity index (χ1n) is 7.02. The van der Waals surface area contributed by atoms with Gasteiger partial charge in [0, 0.05) is 26.2 Å². The first-order chi connectivity index (χ1) is 8.27. The van der Waals surface area contributed by atoms with Crippen molar-refractivity contribution in [2.24, 2.45) is 11.1 Å². The molecule has 2 N–H and O–H groups in total. The van der Waals surface area contributed by atoms with Gasteiger partial charge in [-0.25, -0.2) is 0 Å². The first kappa shape index (κ1) is 15.4. The third-order valence-electron chi connectivity index (χ3n) is 4.10. The summed E-state index contributed by atoms with van der Waals surface area (Å²) < 4.78 is 0. The molecule has 0 saturated carbocycles. The smallest absolute Gasteiger partial charge is 0.240 e. The van der Waals surface area contributed by atoms with Gasteiger partial charge in [0.05, 0.1) is 6.04 Å². The number of hydrogen-bond donors (Lipinski definition) is 1. The topological polar surface area (TPSA) is 49.6 Å². The van der Waals surface area contributed by atoms with Crippen LogP contribution < -0.4 is 5.73 Å². The number of carbonyl (C=O) groups is 1. The van der Waals surface area contributed by atoms with E-state index in [1.54, 1.807) is 0 Å². The Morgan fingerprint density at radius 2 is 1.89 bits per heavy atom. The number of nitrogens with two attached hydrogens (primary N) is 1. The predicted molar refractivity (Wildman–Crippen MR) is 75.3 cm³/mol. The molecule has 1 saturated heterocycles. The second-order valence-corrected chi connectivity index (χ2v) is 6.46. The second kappa shape index (κ2) is 6.02. The van der Waals surface area contributed by atoms with Crippen LogP contribution in [-0.2, 0) is 4.79 Å². The monoisotopic (exact) mass is 255 g/mol. The van der Waals surface area contributed by atoms with Crippen molar-refractivity contribution in [1.29, 1.82) is 0 Å². The molecule has 0 aromatic heterocycles. The fraction of sp³-hybridized carbons (Fsp3) is 0.929. The standard InChI is InChI=1S/C14H29N3O/c1-6-17-9-7-11(8-10-17)16(5)13(18)12(15)14(2,3)4/h11-12H,6-10,15H2,1-5H3. The maximum Gasteiger partial charge on any atom is 0.240 e. The minimum Gasteiger partial charge on any atom is -0.341 e. The van der Waals surface area contributed by atoms with E-state index in [-0.39, 0.29) is 11.3 Å².